The number of nitrogen functional groups attached to an aromatic ring is 1. The molecular weight excluding hydrogens is 300 g/mol. The summed E-state index contributed by atoms with van der Waals surface area (Å²) >= 11 is 2.22. The van der Waals surface area contributed by atoms with Gasteiger partial charge in [-0.1, -0.05) is 28.1 Å². The van der Waals surface area contributed by atoms with Gasteiger partial charge < -0.3 is 10.5 Å². The van der Waals surface area contributed by atoms with Gasteiger partial charge in [0.1, 0.15) is 0 Å². The molecule has 1 aromatic carbocycles. The first-order valence-corrected chi connectivity index (χ1v) is 7.88. The molecule has 3 nitrogen and oxygen atoms in total. The number of benzene rings is 1. The minimum Gasteiger partial charge on any atom is -0.449 e. The van der Waals surface area contributed by atoms with Crippen LogP contribution < -0.4 is 5.73 Å². The molecule has 0 saturated carbocycles. The summed E-state index contributed by atoms with van der Waals surface area (Å²) in [4.78, 5) is 11.3. The molecule has 2 atom stereocenters. The lowest BCUT2D eigenvalue weighted by Crippen LogP contribution is -1.95. The normalized spacial score (nSPS) is 20.7. The number of anilines is 1. The lowest BCUT2D eigenvalue weighted by Gasteiger charge is -2.04. The van der Waals surface area contributed by atoms with E-state index in [1.807, 2.05) is 6.07 Å². The van der Waals surface area contributed by atoms with E-state index in [1.165, 1.54) is 0 Å². The maximum atomic E-state index is 11.3. The Morgan fingerprint density at radius 2 is 2.31 bits per heavy atom. The van der Waals surface area contributed by atoms with Crippen molar-refractivity contribution in [3.05, 3.63) is 29.3 Å². The molecule has 2 N–H and O–H groups in total. The van der Waals surface area contributed by atoms with Crippen LogP contribution in [0, 0.1) is 0 Å². The predicted octanol–water partition coefficient (Wildman–Crippen LogP) is 2.47. The molecule has 13 heavy (non-hydrogen) atoms. The smallest absolute Gasteiger partial charge is 0.339 e. The van der Waals surface area contributed by atoms with Crippen molar-refractivity contribution in [3.8, 4) is 0 Å². The summed E-state index contributed by atoms with van der Waals surface area (Å²) in [5, 5.41) is 0. The molecule has 1 heterocycles. The number of carbonyl (C=O) groups excluding carboxylic acids is 1. The van der Waals surface area contributed by atoms with Gasteiger partial charge in [-0.25, -0.2) is 4.79 Å². The van der Waals surface area contributed by atoms with Crippen LogP contribution in [0.15, 0.2) is 18.2 Å². The number of esters is 1. The number of carbonyl (C=O) groups is 1. The molecule has 1 aliphatic rings. The van der Waals surface area contributed by atoms with Crippen molar-refractivity contribution in [3.63, 3.8) is 0 Å². The average molecular weight is 307 g/mol. The standard InChI is InChI=1S/C8H7INO2P/c9-13-8-5-2-1-4(10)3-6(5)7(11)12-8/h1-3,8,13H,10H2. The molecular formula is C8H7INO2P. The fourth-order valence-electron chi connectivity index (χ4n) is 1.29. The van der Waals surface area contributed by atoms with Crippen LogP contribution in [0.2, 0.25) is 0 Å². The molecule has 2 rings (SSSR count). The Labute approximate surface area is 90.3 Å². The second-order valence-electron chi connectivity index (χ2n) is 2.74. The van der Waals surface area contributed by atoms with Crippen LogP contribution in [0.5, 0.6) is 0 Å². The number of hydrogen-bond acceptors (Lipinski definition) is 3. The molecule has 0 spiro atoms. The zero-order chi connectivity index (χ0) is 9.42. The zero-order valence-electron chi connectivity index (χ0n) is 6.58. The minimum absolute atomic E-state index is 0.0660. The number of fused-ring (bicyclic) bond motifs is 1. The first kappa shape index (κ1) is 9.21. The van der Waals surface area contributed by atoms with Crippen LogP contribution in [-0.2, 0) is 4.74 Å². The largest absolute Gasteiger partial charge is 0.449 e. The number of nitrogens with two attached hydrogens (primary N) is 1. The SMILES string of the molecule is Nc1ccc2c(c1)C(=O)OC2PI. The lowest BCUT2D eigenvalue weighted by atomic mass is 10.1. The van der Waals surface area contributed by atoms with E-state index in [2.05, 4.69) is 22.0 Å². The van der Waals surface area contributed by atoms with E-state index in [9.17, 15) is 4.79 Å². The van der Waals surface area contributed by atoms with Crippen molar-refractivity contribution < 1.29 is 9.53 Å². The number of rotatable bonds is 1. The van der Waals surface area contributed by atoms with Gasteiger partial charge in [-0.2, -0.15) is 0 Å². The predicted molar refractivity (Wildman–Crippen MR) is 61.3 cm³/mol. The molecule has 0 aromatic heterocycles. The number of hydrogen-bond donors (Lipinski definition) is 1. The maximum absolute atomic E-state index is 11.3. The highest BCUT2D eigenvalue weighted by molar-refractivity contribution is 14.2. The van der Waals surface area contributed by atoms with E-state index >= 15 is 0 Å². The van der Waals surface area contributed by atoms with Crippen molar-refractivity contribution in [1.82, 2.24) is 0 Å². The first-order valence-electron chi connectivity index (χ1n) is 3.69. The fourth-order valence-corrected chi connectivity index (χ4v) is 3.20. The molecule has 5 heteroatoms. The second-order valence-corrected chi connectivity index (χ2v) is 5.35. The summed E-state index contributed by atoms with van der Waals surface area (Å²) < 4.78 is 5.15. The second kappa shape index (κ2) is 3.42. The van der Waals surface area contributed by atoms with Crippen LogP contribution in [0.25, 0.3) is 0 Å². The third-order valence-electron chi connectivity index (χ3n) is 1.90. The minimum atomic E-state index is -0.253. The molecule has 0 amide bonds. The first-order chi connectivity index (χ1) is 6.22. The topological polar surface area (TPSA) is 52.3 Å². The highest BCUT2D eigenvalue weighted by Gasteiger charge is 2.29. The van der Waals surface area contributed by atoms with Crippen molar-refractivity contribution in [2.45, 2.75) is 5.85 Å². The van der Waals surface area contributed by atoms with Gasteiger partial charge in [0, 0.05) is 11.3 Å². The van der Waals surface area contributed by atoms with Gasteiger partial charge >= 0.3 is 5.97 Å². The average Bonchev–Trinajstić information content (AvgIpc) is 2.43. The van der Waals surface area contributed by atoms with Crippen molar-refractivity contribution in [2.75, 3.05) is 5.73 Å². The van der Waals surface area contributed by atoms with E-state index in [4.69, 9.17) is 10.5 Å². The van der Waals surface area contributed by atoms with Gasteiger partial charge in [0.15, 0.2) is 5.85 Å². The Morgan fingerprint density at radius 1 is 1.54 bits per heavy atom. The maximum Gasteiger partial charge on any atom is 0.339 e. The molecule has 0 fully saturated rings. The van der Waals surface area contributed by atoms with Gasteiger partial charge in [0.25, 0.3) is 0 Å². The van der Waals surface area contributed by atoms with Crippen LogP contribution in [0.3, 0.4) is 0 Å². The van der Waals surface area contributed by atoms with E-state index in [0.717, 1.165) is 5.56 Å². The summed E-state index contributed by atoms with van der Waals surface area (Å²) in [5.41, 5.74) is 7.76. The van der Waals surface area contributed by atoms with Crippen molar-refractivity contribution in [1.29, 1.82) is 0 Å². The third kappa shape index (κ3) is 1.53. The van der Waals surface area contributed by atoms with Crippen LogP contribution >= 0.6 is 28.3 Å². The number of cyclic esters (lactones) is 1. The molecule has 0 saturated heterocycles. The molecule has 0 radical (unpaired) electrons. The molecule has 0 aliphatic carbocycles. The fraction of sp³-hybridized carbons (Fsp3) is 0.125. The summed E-state index contributed by atoms with van der Waals surface area (Å²) in [6, 6.07) is 5.34. The summed E-state index contributed by atoms with van der Waals surface area (Å²) in [6.45, 7) is 0. The molecule has 1 aromatic rings. The third-order valence-corrected chi connectivity index (χ3v) is 4.23. The summed E-state index contributed by atoms with van der Waals surface area (Å²) in [7, 11) is 0. The van der Waals surface area contributed by atoms with Crippen LogP contribution in [0.1, 0.15) is 21.8 Å². The summed E-state index contributed by atoms with van der Waals surface area (Å²) in [6.07, 6.45) is 0.547. The van der Waals surface area contributed by atoms with Crippen molar-refractivity contribution >= 4 is 39.9 Å². The Bertz CT molecular complexity index is 369. The van der Waals surface area contributed by atoms with E-state index in [0.29, 0.717) is 17.5 Å². The Morgan fingerprint density at radius 3 is 3.00 bits per heavy atom. The van der Waals surface area contributed by atoms with E-state index in [-0.39, 0.29) is 11.8 Å². The monoisotopic (exact) mass is 307 g/mol. The van der Waals surface area contributed by atoms with Gasteiger partial charge in [-0.15, -0.1) is 0 Å². The summed E-state index contributed by atoms with van der Waals surface area (Å²) in [5.74, 6) is -0.319. The number of halogens is 1. The van der Waals surface area contributed by atoms with E-state index in [1.54, 1.807) is 12.1 Å². The van der Waals surface area contributed by atoms with Gasteiger partial charge in [0.05, 0.1) is 5.56 Å². The van der Waals surface area contributed by atoms with Gasteiger partial charge in [-0.3, -0.25) is 0 Å². The zero-order valence-corrected chi connectivity index (χ0v) is 9.74. The van der Waals surface area contributed by atoms with Gasteiger partial charge in [0.2, 0.25) is 0 Å². The highest BCUT2D eigenvalue weighted by atomic mass is 127. The van der Waals surface area contributed by atoms with Crippen LogP contribution in [-0.4, -0.2) is 5.97 Å². The van der Waals surface area contributed by atoms with Crippen molar-refractivity contribution in [2.24, 2.45) is 0 Å². The number of ether oxygens (including phenoxy) is 1. The highest BCUT2D eigenvalue weighted by Crippen LogP contribution is 2.47. The molecule has 1 aliphatic heterocycles. The molecule has 0 bridgehead atoms. The lowest BCUT2D eigenvalue weighted by molar-refractivity contribution is 0.0520. The quantitative estimate of drug-likeness (QED) is 0.375. The Hall–Kier alpha value is -0.350. The molecule has 2 unspecified atom stereocenters. The Balaban J connectivity index is 2.52. The van der Waals surface area contributed by atoms with E-state index < -0.39 is 0 Å². The van der Waals surface area contributed by atoms with Crippen LogP contribution in [0.4, 0.5) is 5.69 Å². The Kier molecular flexibility index (Phi) is 2.43. The molecule has 68 valence electrons. The van der Waals surface area contributed by atoms with Gasteiger partial charge in [-0.05, 0) is 18.4 Å².